The van der Waals surface area contributed by atoms with Gasteiger partial charge in [-0.25, -0.2) is 13.1 Å². The van der Waals surface area contributed by atoms with Crippen molar-refractivity contribution in [2.24, 2.45) is 5.73 Å². The molecule has 116 valence electrons. The number of rotatable bonds is 5. The molecule has 0 spiro atoms. The zero-order chi connectivity index (χ0) is 15.5. The monoisotopic (exact) mass is 313 g/mol. The van der Waals surface area contributed by atoms with Crippen LogP contribution in [0.4, 0.5) is 5.69 Å². The molecule has 1 aromatic carbocycles. The van der Waals surface area contributed by atoms with E-state index in [0.29, 0.717) is 0 Å². The Morgan fingerprint density at radius 3 is 2.29 bits per heavy atom. The summed E-state index contributed by atoms with van der Waals surface area (Å²) >= 11 is 0. The topological polar surface area (TPSA) is 115 Å². The Morgan fingerprint density at radius 1 is 1.19 bits per heavy atom. The predicted octanol–water partition coefficient (Wildman–Crippen LogP) is 1.53. The van der Waals surface area contributed by atoms with Crippen LogP contribution in [0.2, 0.25) is 0 Å². The van der Waals surface area contributed by atoms with E-state index >= 15 is 0 Å². The fourth-order valence-electron chi connectivity index (χ4n) is 2.50. The van der Waals surface area contributed by atoms with Gasteiger partial charge in [-0.1, -0.05) is 19.3 Å². The van der Waals surface area contributed by atoms with Gasteiger partial charge in [-0.3, -0.25) is 10.1 Å². The van der Waals surface area contributed by atoms with Gasteiger partial charge < -0.3 is 5.73 Å². The third-order valence-electron chi connectivity index (χ3n) is 3.82. The first kappa shape index (κ1) is 15.9. The van der Waals surface area contributed by atoms with Crippen molar-refractivity contribution >= 4 is 15.7 Å². The van der Waals surface area contributed by atoms with E-state index in [9.17, 15) is 18.5 Å². The van der Waals surface area contributed by atoms with E-state index in [1.807, 2.05) is 0 Å². The molecule has 1 aromatic rings. The van der Waals surface area contributed by atoms with Gasteiger partial charge in [0.25, 0.3) is 5.69 Å². The van der Waals surface area contributed by atoms with Crippen LogP contribution in [0.25, 0.3) is 0 Å². The number of non-ortho nitro benzene ring substituents is 1. The number of nitrogens with one attached hydrogen (secondary N) is 1. The normalized spacial score (nSPS) is 18.3. The zero-order valence-corrected chi connectivity index (χ0v) is 12.4. The molecule has 0 bridgehead atoms. The molecule has 0 amide bonds. The standard InChI is InChI=1S/C13H19N3O4S/c14-13(8-2-1-3-9-13)10-15-21(19,20)12-6-4-11(5-7-12)16(17)18/h4-7,15H,1-3,8-10,14H2. The highest BCUT2D eigenvalue weighted by molar-refractivity contribution is 7.89. The fraction of sp³-hybridized carbons (Fsp3) is 0.538. The third-order valence-corrected chi connectivity index (χ3v) is 5.24. The van der Waals surface area contributed by atoms with Crippen LogP contribution in [0.15, 0.2) is 29.2 Å². The average molecular weight is 313 g/mol. The van der Waals surface area contributed by atoms with Gasteiger partial charge in [-0.05, 0) is 25.0 Å². The summed E-state index contributed by atoms with van der Waals surface area (Å²) in [4.78, 5) is 10.00. The minimum Gasteiger partial charge on any atom is -0.324 e. The minimum atomic E-state index is -3.69. The van der Waals surface area contributed by atoms with Crippen LogP contribution < -0.4 is 10.5 Å². The Kier molecular flexibility index (Phi) is 4.60. The van der Waals surface area contributed by atoms with Crippen LogP contribution in [-0.2, 0) is 10.0 Å². The van der Waals surface area contributed by atoms with Gasteiger partial charge in [0.05, 0.1) is 9.82 Å². The number of benzene rings is 1. The van der Waals surface area contributed by atoms with Crippen LogP contribution in [0.5, 0.6) is 0 Å². The molecule has 3 N–H and O–H groups in total. The second kappa shape index (κ2) is 6.08. The van der Waals surface area contributed by atoms with Crippen molar-refractivity contribution < 1.29 is 13.3 Å². The summed E-state index contributed by atoms with van der Waals surface area (Å²) in [6.07, 6.45) is 4.76. The van der Waals surface area contributed by atoms with Gasteiger partial charge in [0.15, 0.2) is 0 Å². The molecule has 1 aliphatic rings. The Hall–Kier alpha value is -1.51. The SMILES string of the molecule is NC1(CNS(=O)(=O)c2ccc([N+](=O)[O-])cc2)CCCCC1. The van der Waals surface area contributed by atoms with Crippen LogP contribution in [0.3, 0.4) is 0 Å². The average Bonchev–Trinajstić information content (AvgIpc) is 2.46. The first-order valence-corrected chi connectivity index (χ1v) is 8.34. The molecule has 0 radical (unpaired) electrons. The number of nitro groups is 1. The van der Waals surface area contributed by atoms with Gasteiger partial charge in [0.2, 0.25) is 10.0 Å². The predicted molar refractivity (Wildman–Crippen MR) is 78.3 cm³/mol. The largest absolute Gasteiger partial charge is 0.324 e. The van der Waals surface area contributed by atoms with Crippen molar-refractivity contribution in [1.29, 1.82) is 0 Å². The van der Waals surface area contributed by atoms with Crippen molar-refractivity contribution in [3.05, 3.63) is 34.4 Å². The van der Waals surface area contributed by atoms with Crippen molar-refractivity contribution in [3.63, 3.8) is 0 Å². The molecule has 1 fully saturated rings. The molecule has 0 heterocycles. The first-order chi connectivity index (χ1) is 9.82. The molecule has 1 aliphatic carbocycles. The van der Waals surface area contributed by atoms with Gasteiger partial charge in [-0.15, -0.1) is 0 Å². The maximum atomic E-state index is 12.2. The van der Waals surface area contributed by atoms with Gasteiger partial charge >= 0.3 is 0 Å². The van der Waals surface area contributed by atoms with Gasteiger partial charge in [0, 0.05) is 24.2 Å². The fourth-order valence-corrected chi connectivity index (χ4v) is 3.64. The van der Waals surface area contributed by atoms with Gasteiger partial charge in [-0.2, -0.15) is 0 Å². The summed E-state index contributed by atoms with van der Waals surface area (Å²) in [5.41, 5.74) is 5.56. The molecule has 0 saturated heterocycles. The minimum absolute atomic E-state index is 0.00695. The molecular weight excluding hydrogens is 294 g/mol. The molecule has 21 heavy (non-hydrogen) atoms. The number of nitrogens with two attached hydrogens (primary N) is 1. The summed E-state index contributed by atoms with van der Waals surface area (Å²) in [5, 5.41) is 10.6. The quantitative estimate of drug-likeness (QED) is 0.632. The lowest BCUT2D eigenvalue weighted by Gasteiger charge is -2.33. The van der Waals surface area contributed by atoms with Crippen molar-refractivity contribution in [2.75, 3.05) is 6.54 Å². The highest BCUT2D eigenvalue weighted by Gasteiger charge is 2.29. The Bertz CT molecular complexity index is 607. The number of hydrogen-bond donors (Lipinski definition) is 2. The molecule has 0 aromatic heterocycles. The molecule has 7 nitrogen and oxygen atoms in total. The van der Waals surface area contributed by atoms with E-state index in [4.69, 9.17) is 5.73 Å². The second-order valence-corrected chi connectivity index (χ2v) is 7.27. The number of nitro benzene ring substituents is 1. The Labute approximate surface area is 123 Å². The van der Waals surface area contributed by atoms with Crippen molar-refractivity contribution in [1.82, 2.24) is 4.72 Å². The van der Waals surface area contributed by atoms with E-state index in [-0.39, 0.29) is 17.1 Å². The number of sulfonamides is 1. The van der Waals surface area contributed by atoms with Crippen LogP contribution in [0.1, 0.15) is 32.1 Å². The second-order valence-electron chi connectivity index (χ2n) is 5.50. The summed E-state index contributed by atoms with van der Waals surface area (Å²) in [6.45, 7) is 0.187. The maximum absolute atomic E-state index is 12.2. The van der Waals surface area contributed by atoms with E-state index in [2.05, 4.69) is 4.72 Å². The summed E-state index contributed by atoms with van der Waals surface area (Å²) < 4.78 is 26.8. The number of hydrogen-bond acceptors (Lipinski definition) is 5. The van der Waals surface area contributed by atoms with E-state index in [1.165, 1.54) is 24.3 Å². The number of nitrogens with zero attached hydrogens (tertiary/aromatic N) is 1. The molecule has 0 aliphatic heterocycles. The van der Waals surface area contributed by atoms with Crippen LogP contribution >= 0.6 is 0 Å². The molecule has 0 atom stereocenters. The molecule has 8 heteroatoms. The highest BCUT2D eigenvalue weighted by atomic mass is 32.2. The molecular formula is C13H19N3O4S. The van der Waals surface area contributed by atoms with Crippen LogP contribution in [-0.4, -0.2) is 25.4 Å². The van der Waals surface area contributed by atoms with Gasteiger partial charge in [0.1, 0.15) is 0 Å². The molecule has 1 saturated carbocycles. The summed E-state index contributed by atoms with van der Waals surface area (Å²) in [6, 6.07) is 4.80. The van der Waals surface area contributed by atoms with Crippen molar-refractivity contribution in [2.45, 2.75) is 42.5 Å². The Morgan fingerprint density at radius 2 is 1.76 bits per heavy atom. The summed E-state index contributed by atoms with van der Waals surface area (Å²) in [7, 11) is -3.69. The van der Waals surface area contributed by atoms with E-state index in [0.717, 1.165) is 32.1 Å². The first-order valence-electron chi connectivity index (χ1n) is 6.85. The van der Waals surface area contributed by atoms with Crippen LogP contribution in [0, 0.1) is 10.1 Å². The van der Waals surface area contributed by atoms with E-state index < -0.39 is 20.5 Å². The molecule has 2 rings (SSSR count). The highest BCUT2D eigenvalue weighted by Crippen LogP contribution is 2.25. The lowest BCUT2D eigenvalue weighted by atomic mass is 9.83. The third kappa shape index (κ3) is 3.99. The summed E-state index contributed by atoms with van der Waals surface area (Å²) in [5.74, 6) is 0. The van der Waals surface area contributed by atoms with E-state index in [1.54, 1.807) is 0 Å². The lowest BCUT2D eigenvalue weighted by Crippen LogP contribution is -2.51. The zero-order valence-electron chi connectivity index (χ0n) is 11.6. The Balaban J connectivity index is 2.05. The molecule has 0 unspecified atom stereocenters. The smallest absolute Gasteiger partial charge is 0.269 e. The lowest BCUT2D eigenvalue weighted by molar-refractivity contribution is -0.384. The maximum Gasteiger partial charge on any atom is 0.269 e. The van der Waals surface area contributed by atoms with Crippen molar-refractivity contribution in [3.8, 4) is 0 Å².